The third-order valence-corrected chi connectivity index (χ3v) is 13.9. The molecule has 0 aliphatic heterocycles. The first kappa shape index (κ1) is 48.6. The normalized spacial score (nSPS) is 11.2. The third-order valence-electron chi connectivity index (χ3n) is 11.9. The minimum atomic E-state index is -1.33. The maximum absolute atomic E-state index is 13.7. The van der Waals surface area contributed by atoms with Crippen LogP contribution in [-0.2, 0) is 26.5 Å². The number of benzene rings is 5. The predicted octanol–water partition coefficient (Wildman–Crippen LogP) is 16.1. The van der Waals surface area contributed by atoms with E-state index in [9.17, 15) is 4.39 Å². The molecule has 0 spiro atoms. The van der Waals surface area contributed by atoms with E-state index in [-0.39, 0.29) is 25.9 Å². The Morgan fingerprint density at radius 2 is 1.18 bits per heavy atom. The van der Waals surface area contributed by atoms with Crippen molar-refractivity contribution in [3.8, 4) is 44.9 Å². The van der Waals surface area contributed by atoms with Crippen molar-refractivity contribution >= 4 is 35.2 Å². The molecule has 0 saturated carbocycles. The van der Waals surface area contributed by atoms with E-state index < -0.39 is 8.07 Å². The standard InChI is InChI=1S/C28H24FNO.C17H23NSi.C13H13N.Ir/c1-3-18(4-2)21-13-14-30-26(16-21)25-10-6-9-24-23-12-11-20(17-27(23)31-28(24)25)19-7-5-8-22(29)15-19;1-13(2)15-11-16(14-9-7-6-8-10-14)18-12-17(15)19(3,4)5;1-2-11-8-9-14-13(10-11)12-6-4-3-5-7-12;/h5-18H,3-4H2,1-2H3;6-13H,1-5H3;3-10H,2H2,1H3;. The number of fused-ring (bicyclic) bond motifs is 3. The second kappa shape index (κ2) is 22.4. The molecule has 5 aromatic carbocycles. The number of para-hydroxylation sites is 1. The van der Waals surface area contributed by atoms with Crippen molar-refractivity contribution in [1.29, 1.82) is 0 Å². The molecule has 0 aliphatic carbocycles. The summed E-state index contributed by atoms with van der Waals surface area (Å²) < 4.78 is 20.0. The minimum absolute atomic E-state index is 0. The van der Waals surface area contributed by atoms with Crippen LogP contribution < -0.4 is 5.19 Å². The fourth-order valence-electron chi connectivity index (χ4n) is 8.26. The molecule has 0 fully saturated rings. The van der Waals surface area contributed by atoms with Crippen LogP contribution in [0, 0.1) is 5.82 Å². The van der Waals surface area contributed by atoms with Crippen molar-refractivity contribution < 1.29 is 28.9 Å². The molecule has 4 heterocycles. The Morgan fingerprint density at radius 3 is 1.82 bits per heavy atom. The Morgan fingerprint density at radius 1 is 0.569 bits per heavy atom. The molecule has 0 N–H and O–H groups in total. The Labute approximate surface area is 399 Å². The Balaban J connectivity index is 0.000000176. The van der Waals surface area contributed by atoms with Crippen LogP contribution in [0.4, 0.5) is 4.39 Å². The van der Waals surface area contributed by atoms with Crippen LogP contribution in [0.25, 0.3) is 66.8 Å². The summed E-state index contributed by atoms with van der Waals surface area (Å²) in [6.45, 7) is 18.3. The van der Waals surface area contributed by atoms with Crippen molar-refractivity contribution in [2.75, 3.05) is 0 Å². The van der Waals surface area contributed by atoms with E-state index in [0.717, 1.165) is 75.0 Å². The van der Waals surface area contributed by atoms with E-state index in [1.165, 1.54) is 39.1 Å². The number of pyridine rings is 3. The molecule has 333 valence electrons. The number of aryl methyl sites for hydroxylation is 1. The van der Waals surface area contributed by atoms with Crippen LogP contribution >= 0.6 is 0 Å². The average Bonchev–Trinajstić information content (AvgIpc) is 3.71. The van der Waals surface area contributed by atoms with Crippen molar-refractivity contribution in [2.24, 2.45) is 0 Å². The van der Waals surface area contributed by atoms with Gasteiger partial charge < -0.3 is 4.42 Å². The molecule has 9 aromatic rings. The van der Waals surface area contributed by atoms with E-state index in [0.29, 0.717) is 11.8 Å². The number of hydrogen-bond acceptors (Lipinski definition) is 4. The number of hydrogen-bond donors (Lipinski definition) is 0. The summed E-state index contributed by atoms with van der Waals surface area (Å²) in [5.41, 5.74) is 14.0. The summed E-state index contributed by atoms with van der Waals surface area (Å²) >= 11 is 0. The zero-order chi connectivity index (χ0) is 45.2. The molecule has 0 atom stereocenters. The molecule has 0 aliphatic rings. The maximum Gasteiger partial charge on any atom is 0.144 e. The second-order valence-electron chi connectivity index (χ2n) is 17.7. The van der Waals surface area contributed by atoms with Gasteiger partial charge in [-0.05, 0) is 125 Å². The summed E-state index contributed by atoms with van der Waals surface area (Å²) in [6.07, 6.45) is 9.16. The van der Waals surface area contributed by atoms with Crippen LogP contribution in [0.15, 0.2) is 175 Å². The molecule has 4 aromatic heterocycles. The number of halogens is 1. The SMILES string of the molecule is CC(C)c1cc(-c2ccccc2)ncc1[Si](C)(C)C.CCC(CC)c1ccnc(-c2cccc3c2oc2cc(-c4cccc(F)c4)ccc23)c1.CCc1ccnc(-c2ccccc2)c1.[Ir]. The zero-order valence-corrected chi connectivity index (χ0v) is 42.3. The average molecular weight is 1050 g/mol. The smallest absolute Gasteiger partial charge is 0.144 e. The third kappa shape index (κ3) is 11.9. The first-order chi connectivity index (χ1) is 31.0. The van der Waals surface area contributed by atoms with Gasteiger partial charge in [0.05, 0.1) is 25.2 Å². The van der Waals surface area contributed by atoms with Gasteiger partial charge in [0.2, 0.25) is 0 Å². The van der Waals surface area contributed by atoms with Gasteiger partial charge in [-0.25, -0.2) is 4.39 Å². The van der Waals surface area contributed by atoms with Gasteiger partial charge in [-0.2, -0.15) is 0 Å². The Hall–Kier alpha value is -5.85. The summed E-state index contributed by atoms with van der Waals surface area (Å²) in [4.78, 5) is 13.7. The van der Waals surface area contributed by atoms with E-state index in [1.807, 2.05) is 54.9 Å². The van der Waals surface area contributed by atoms with Gasteiger partial charge in [0.25, 0.3) is 0 Å². The van der Waals surface area contributed by atoms with Gasteiger partial charge in [-0.1, -0.05) is 145 Å². The van der Waals surface area contributed by atoms with E-state index >= 15 is 0 Å². The number of nitrogens with zero attached hydrogens (tertiary/aromatic N) is 3. The van der Waals surface area contributed by atoms with Crippen molar-refractivity contribution in [2.45, 2.75) is 85.4 Å². The largest absolute Gasteiger partial charge is 0.455 e. The molecule has 9 rings (SSSR count). The fourth-order valence-corrected chi connectivity index (χ4v) is 9.94. The van der Waals surface area contributed by atoms with Crippen molar-refractivity contribution in [3.63, 3.8) is 0 Å². The minimum Gasteiger partial charge on any atom is -0.455 e. The molecule has 0 bridgehead atoms. The van der Waals surface area contributed by atoms with Gasteiger partial charge in [-0.15, -0.1) is 0 Å². The maximum atomic E-state index is 13.7. The molecule has 1 radical (unpaired) electrons. The Bertz CT molecular complexity index is 2940. The fraction of sp³-hybridized carbons (Fsp3) is 0.224. The van der Waals surface area contributed by atoms with Crippen LogP contribution in [0.3, 0.4) is 0 Å². The summed E-state index contributed by atoms with van der Waals surface area (Å²) in [5, 5.41) is 3.60. The van der Waals surface area contributed by atoms with Crippen LogP contribution in [-0.4, -0.2) is 23.0 Å². The predicted molar refractivity (Wildman–Crippen MR) is 271 cm³/mol. The molecule has 4 nitrogen and oxygen atoms in total. The number of aromatic nitrogens is 3. The Kier molecular flexibility index (Phi) is 16.7. The van der Waals surface area contributed by atoms with Gasteiger partial charge in [0.15, 0.2) is 0 Å². The molecular formula is C58H60FIrN3OSi. The molecular weight excluding hydrogens is 994 g/mol. The first-order valence-electron chi connectivity index (χ1n) is 22.7. The first-order valence-corrected chi connectivity index (χ1v) is 26.2. The molecule has 65 heavy (non-hydrogen) atoms. The molecule has 7 heteroatoms. The second-order valence-corrected chi connectivity index (χ2v) is 22.7. The molecule has 0 unspecified atom stereocenters. The monoisotopic (exact) mass is 1050 g/mol. The van der Waals surface area contributed by atoms with Crippen LogP contribution in [0.2, 0.25) is 19.6 Å². The van der Waals surface area contributed by atoms with Gasteiger partial charge in [0.1, 0.15) is 17.0 Å². The van der Waals surface area contributed by atoms with Crippen molar-refractivity contribution in [3.05, 3.63) is 193 Å². The quantitative estimate of drug-likeness (QED) is 0.128. The van der Waals surface area contributed by atoms with E-state index in [4.69, 9.17) is 9.40 Å². The van der Waals surface area contributed by atoms with Crippen LogP contribution in [0.1, 0.15) is 76.0 Å². The van der Waals surface area contributed by atoms with Gasteiger partial charge in [0, 0.05) is 66.2 Å². The summed E-state index contributed by atoms with van der Waals surface area (Å²) in [7, 11) is -1.33. The van der Waals surface area contributed by atoms with E-state index in [2.05, 4.69) is 161 Å². The molecule has 0 saturated heterocycles. The topological polar surface area (TPSA) is 51.8 Å². The van der Waals surface area contributed by atoms with Crippen LogP contribution in [0.5, 0.6) is 0 Å². The van der Waals surface area contributed by atoms with Crippen molar-refractivity contribution in [1.82, 2.24) is 15.0 Å². The van der Waals surface area contributed by atoms with E-state index in [1.54, 1.807) is 12.1 Å². The number of furan rings is 1. The summed E-state index contributed by atoms with van der Waals surface area (Å²) in [6, 6.07) is 50.4. The zero-order valence-electron chi connectivity index (χ0n) is 38.9. The summed E-state index contributed by atoms with van der Waals surface area (Å²) in [5.74, 6) is 0.838. The molecule has 0 amide bonds. The van der Waals surface area contributed by atoms with Gasteiger partial charge in [-0.3, -0.25) is 15.0 Å². The van der Waals surface area contributed by atoms with Gasteiger partial charge >= 0.3 is 0 Å². The number of rotatable bonds is 10.